The van der Waals surface area contributed by atoms with Crippen LogP contribution >= 0.6 is 0 Å². The molecule has 3 rings (SSSR count). The zero-order chi connectivity index (χ0) is 20.6. The third kappa shape index (κ3) is 5.78. The smallest absolute Gasteiger partial charge is 0.344 e. The minimum Gasteiger partial charge on any atom is -0.494 e. The maximum Gasteiger partial charge on any atom is 0.344 e. The van der Waals surface area contributed by atoms with E-state index in [1.54, 1.807) is 42.5 Å². The molecule has 1 atom stereocenters. The highest BCUT2D eigenvalue weighted by Crippen LogP contribution is 2.32. The molecular weight excluding hydrogens is 378 g/mol. The van der Waals surface area contributed by atoms with Crippen LogP contribution in [-0.4, -0.2) is 44.4 Å². The van der Waals surface area contributed by atoms with Crippen LogP contribution in [0.1, 0.15) is 13.8 Å². The van der Waals surface area contributed by atoms with Crippen molar-refractivity contribution in [2.75, 3.05) is 31.7 Å². The Morgan fingerprint density at radius 1 is 1.00 bits per heavy atom. The first-order chi connectivity index (χ1) is 14.0. The van der Waals surface area contributed by atoms with E-state index in [1.165, 1.54) is 6.92 Å². The van der Waals surface area contributed by atoms with E-state index in [9.17, 15) is 9.59 Å². The van der Waals surface area contributed by atoms with Crippen molar-refractivity contribution in [3.63, 3.8) is 0 Å². The molecule has 8 heteroatoms. The van der Waals surface area contributed by atoms with Gasteiger partial charge in [0.1, 0.15) is 24.7 Å². The number of amides is 1. The molecule has 0 aromatic heterocycles. The molecule has 8 nitrogen and oxygen atoms in total. The molecule has 1 aliphatic heterocycles. The fourth-order valence-electron chi connectivity index (χ4n) is 2.59. The number of carbonyl (C=O) groups is 2. The van der Waals surface area contributed by atoms with Crippen LogP contribution in [0, 0.1) is 0 Å². The van der Waals surface area contributed by atoms with Crippen molar-refractivity contribution < 1.29 is 33.3 Å². The van der Waals surface area contributed by atoms with Gasteiger partial charge in [0.15, 0.2) is 24.2 Å². The van der Waals surface area contributed by atoms with Crippen LogP contribution < -0.4 is 24.3 Å². The molecule has 29 heavy (non-hydrogen) atoms. The van der Waals surface area contributed by atoms with Gasteiger partial charge in [0.2, 0.25) is 0 Å². The minimum atomic E-state index is -0.986. The van der Waals surface area contributed by atoms with Crippen LogP contribution in [-0.2, 0) is 14.3 Å². The number of carbonyl (C=O) groups excluding carboxylic acids is 2. The van der Waals surface area contributed by atoms with Crippen LogP contribution in [0.4, 0.5) is 5.69 Å². The van der Waals surface area contributed by atoms with Crippen molar-refractivity contribution in [3.8, 4) is 23.0 Å². The number of fused-ring (bicyclic) bond motifs is 1. The quantitative estimate of drug-likeness (QED) is 0.680. The molecule has 2 aromatic rings. The van der Waals surface area contributed by atoms with E-state index < -0.39 is 18.0 Å². The van der Waals surface area contributed by atoms with Gasteiger partial charge in [-0.1, -0.05) is 0 Å². The van der Waals surface area contributed by atoms with Crippen molar-refractivity contribution in [1.82, 2.24) is 0 Å². The number of ether oxygens (including phenoxy) is 5. The highest BCUT2D eigenvalue weighted by molar-refractivity contribution is 5.95. The molecule has 2 aromatic carbocycles. The Balaban J connectivity index is 1.45. The zero-order valence-electron chi connectivity index (χ0n) is 16.3. The van der Waals surface area contributed by atoms with E-state index in [1.807, 2.05) is 6.92 Å². The van der Waals surface area contributed by atoms with Gasteiger partial charge in [0.25, 0.3) is 5.91 Å². The number of nitrogens with one attached hydrogen (secondary N) is 1. The van der Waals surface area contributed by atoms with Crippen molar-refractivity contribution in [2.45, 2.75) is 20.0 Å². The summed E-state index contributed by atoms with van der Waals surface area (Å²) in [7, 11) is 0. The Morgan fingerprint density at radius 3 is 2.34 bits per heavy atom. The summed E-state index contributed by atoms with van der Waals surface area (Å²) in [6.45, 7) is 4.58. The van der Waals surface area contributed by atoms with Crippen LogP contribution in [0.25, 0.3) is 0 Å². The maximum absolute atomic E-state index is 12.3. The van der Waals surface area contributed by atoms with Gasteiger partial charge in [0.05, 0.1) is 6.61 Å². The van der Waals surface area contributed by atoms with Crippen molar-refractivity contribution in [3.05, 3.63) is 42.5 Å². The summed E-state index contributed by atoms with van der Waals surface area (Å²) in [5.41, 5.74) is 0.521. The third-order valence-electron chi connectivity index (χ3n) is 3.98. The van der Waals surface area contributed by atoms with E-state index in [2.05, 4.69) is 5.32 Å². The van der Waals surface area contributed by atoms with Crippen LogP contribution in [0.2, 0.25) is 0 Å². The predicted octanol–water partition coefficient (Wildman–Crippen LogP) is 2.81. The van der Waals surface area contributed by atoms with E-state index in [4.69, 9.17) is 23.7 Å². The zero-order valence-corrected chi connectivity index (χ0v) is 16.3. The van der Waals surface area contributed by atoms with E-state index in [0.717, 1.165) is 0 Å². The monoisotopic (exact) mass is 401 g/mol. The van der Waals surface area contributed by atoms with Gasteiger partial charge in [-0.25, -0.2) is 4.79 Å². The molecule has 0 aliphatic carbocycles. The molecule has 1 amide bonds. The Hall–Kier alpha value is -3.42. The molecule has 0 bridgehead atoms. The van der Waals surface area contributed by atoms with E-state index >= 15 is 0 Å². The summed E-state index contributed by atoms with van der Waals surface area (Å²) in [6, 6.07) is 11.9. The molecule has 0 saturated heterocycles. The molecule has 1 N–H and O–H groups in total. The number of hydrogen-bond donors (Lipinski definition) is 1. The SMILES string of the molecule is CCOc1ccc(OCC(=O)O[C@@H](C)C(=O)Nc2ccc3c(c2)OCCO3)cc1. The molecule has 0 saturated carbocycles. The van der Waals surface area contributed by atoms with Crippen molar-refractivity contribution >= 4 is 17.6 Å². The third-order valence-corrected chi connectivity index (χ3v) is 3.98. The molecule has 154 valence electrons. The molecule has 0 spiro atoms. The highest BCUT2D eigenvalue weighted by atomic mass is 16.6. The summed E-state index contributed by atoms with van der Waals surface area (Å²) in [5.74, 6) is 1.29. The summed E-state index contributed by atoms with van der Waals surface area (Å²) in [6.07, 6.45) is -0.986. The summed E-state index contributed by atoms with van der Waals surface area (Å²) in [5, 5.41) is 2.68. The van der Waals surface area contributed by atoms with Gasteiger partial charge in [-0.15, -0.1) is 0 Å². The first kappa shape index (κ1) is 20.3. The second kappa shape index (κ2) is 9.68. The number of hydrogen-bond acceptors (Lipinski definition) is 7. The normalized spacial score (nSPS) is 13.2. The summed E-state index contributed by atoms with van der Waals surface area (Å²) < 4.78 is 26.7. The molecule has 0 radical (unpaired) electrons. The first-order valence-corrected chi connectivity index (χ1v) is 9.31. The Kier molecular flexibility index (Phi) is 6.78. The van der Waals surface area contributed by atoms with Crippen LogP contribution in [0.5, 0.6) is 23.0 Å². The lowest BCUT2D eigenvalue weighted by Gasteiger charge is -2.19. The number of rotatable bonds is 8. The van der Waals surface area contributed by atoms with Gasteiger partial charge < -0.3 is 29.0 Å². The average molecular weight is 401 g/mol. The molecule has 0 fully saturated rings. The predicted molar refractivity (Wildman–Crippen MR) is 105 cm³/mol. The topological polar surface area (TPSA) is 92.3 Å². The fourth-order valence-corrected chi connectivity index (χ4v) is 2.59. The first-order valence-electron chi connectivity index (χ1n) is 9.31. The lowest BCUT2D eigenvalue weighted by atomic mass is 10.2. The van der Waals surface area contributed by atoms with Crippen molar-refractivity contribution in [2.24, 2.45) is 0 Å². The van der Waals surface area contributed by atoms with Gasteiger partial charge in [-0.2, -0.15) is 0 Å². The maximum atomic E-state index is 12.3. The second-order valence-electron chi connectivity index (χ2n) is 6.17. The Bertz CT molecular complexity index is 851. The summed E-state index contributed by atoms with van der Waals surface area (Å²) >= 11 is 0. The van der Waals surface area contributed by atoms with Gasteiger partial charge in [-0.05, 0) is 50.2 Å². The van der Waals surface area contributed by atoms with Gasteiger partial charge in [-0.3, -0.25) is 4.79 Å². The average Bonchev–Trinajstić information content (AvgIpc) is 2.73. The molecule has 0 unspecified atom stereocenters. The van der Waals surface area contributed by atoms with Crippen LogP contribution in [0.15, 0.2) is 42.5 Å². The van der Waals surface area contributed by atoms with Crippen molar-refractivity contribution in [1.29, 1.82) is 0 Å². The highest BCUT2D eigenvalue weighted by Gasteiger charge is 2.19. The largest absolute Gasteiger partial charge is 0.494 e. The lowest BCUT2D eigenvalue weighted by Crippen LogP contribution is -2.31. The molecular formula is C21H23NO7. The molecule has 1 aliphatic rings. The van der Waals surface area contributed by atoms with Crippen LogP contribution in [0.3, 0.4) is 0 Å². The Morgan fingerprint density at radius 2 is 1.66 bits per heavy atom. The molecule has 1 heterocycles. The number of benzene rings is 2. The van der Waals surface area contributed by atoms with E-state index in [0.29, 0.717) is 48.5 Å². The lowest BCUT2D eigenvalue weighted by molar-refractivity contribution is -0.155. The Labute approximate surface area is 168 Å². The summed E-state index contributed by atoms with van der Waals surface area (Å²) in [4.78, 5) is 24.2. The number of anilines is 1. The minimum absolute atomic E-state index is 0.310. The second-order valence-corrected chi connectivity index (χ2v) is 6.17. The van der Waals surface area contributed by atoms with Gasteiger partial charge in [0, 0.05) is 11.8 Å². The number of esters is 1. The van der Waals surface area contributed by atoms with E-state index in [-0.39, 0.29) is 6.61 Å². The van der Waals surface area contributed by atoms with Gasteiger partial charge >= 0.3 is 5.97 Å². The standard InChI is InChI=1S/C21H23NO7/c1-3-25-16-5-7-17(8-6-16)28-13-20(23)29-14(2)21(24)22-15-4-9-18-19(12-15)27-11-10-26-18/h4-9,12,14H,3,10-11,13H2,1-2H3,(H,22,24)/t14-/m0/s1. The fraction of sp³-hybridized carbons (Fsp3) is 0.333.